The summed E-state index contributed by atoms with van der Waals surface area (Å²) in [4.78, 5) is 2.41. The molecule has 1 aliphatic heterocycles. The minimum Gasteiger partial charge on any atom is -0.329 e. The largest absolute Gasteiger partial charge is 0.329 e. The first kappa shape index (κ1) is 14.8. The SMILES string of the molecule is CC(C)C1CCCN1C(CN)c1cc(F)cc(Cl)c1. The van der Waals surface area contributed by atoms with E-state index >= 15 is 0 Å². The molecule has 0 aliphatic carbocycles. The summed E-state index contributed by atoms with van der Waals surface area (Å²) < 4.78 is 13.5. The van der Waals surface area contributed by atoms with Crippen LogP contribution in [-0.4, -0.2) is 24.0 Å². The zero-order chi connectivity index (χ0) is 14.0. The van der Waals surface area contributed by atoms with Crippen LogP contribution in [0.5, 0.6) is 0 Å². The van der Waals surface area contributed by atoms with Crippen LogP contribution < -0.4 is 5.73 Å². The number of halogens is 2. The Morgan fingerprint density at radius 2 is 2.16 bits per heavy atom. The molecular formula is C15H22ClFN2. The van der Waals surface area contributed by atoms with Crippen molar-refractivity contribution in [3.63, 3.8) is 0 Å². The normalized spacial score (nSPS) is 22.1. The summed E-state index contributed by atoms with van der Waals surface area (Å²) in [5, 5.41) is 0.439. The average Bonchev–Trinajstić information content (AvgIpc) is 2.78. The number of rotatable bonds is 4. The van der Waals surface area contributed by atoms with Crippen molar-refractivity contribution >= 4 is 11.6 Å². The van der Waals surface area contributed by atoms with Crippen LogP contribution in [0.3, 0.4) is 0 Å². The Labute approximate surface area is 119 Å². The van der Waals surface area contributed by atoms with Crippen LogP contribution in [0.2, 0.25) is 5.02 Å². The molecule has 106 valence electrons. The van der Waals surface area contributed by atoms with Gasteiger partial charge in [0.2, 0.25) is 0 Å². The molecule has 1 aromatic carbocycles. The summed E-state index contributed by atoms with van der Waals surface area (Å²) in [5.41, 5.74) is 6.83. The second kappa shape index (κ2) is 6.21. The van der Waals surface area contributed by atoms with Gasteiger partial charge in [-0.3, -0.25) is 4.90 Å². The third kappa shape index (κ3) is 3.28. The fourth-order valence-corrected chi connectivity index (χ4v) is 3.38. The van der Waals surface area contributed by atoms with E-state index in [-0.39, 0.29) is 11.9 Å². The van der Waals surface area contributed by atoms with Crippen LogP contribution in [0.25, 0.3) is 0 Å². The van der Waals surface area contributed by atoms with Crippen molar-refractivity contribution < 1.29 is 4.39 Å². The number of benzene rings is 1. The molecule has 2 nitrogen and oxygen atoms in total. The predicted molar refractivity (Wildman–Crippen MR) is 77.8 cm³/mol. The summed E-state index contributed by atoms with van der Waals surface area (Å²) in [6.45, 7) is 5.98. The standard InChI is InChI=1S/C15H22ClFN2/c1-10(2)14-4-3-5-19(14)15(9-18)11-6-12(16)8-13(17)7-11/h6-8,10,14-15H,3-5,9,18H2,1-2H3. The van der Waals surface area contributed by atoms with E-state index in [0.29, 0.717) is 23.5 Å². The molecule has 2 rings (SSSR count). The Balaban J connectivity index is 2.28. The van der Waals surface area contributed by atoms with Gasteiger partial charge in [0.15, 0.2) is 0 Å². The third-order valence-electron chi connectivity index (χ3n) is 4.00. The molecule has 4 heteroatoms. The molecular weight excluding hydrogens is 263 g/mol. The van der Waals surface area contributed by atoms with Crippen molar-refractivity contribution in [2.75, 3.05) is 13.1 Å². The lowest BCUT2D eigenvalue weighted by Crippen LogP contribution is -2.40. The summed E-state index contributed by atoms with van der Waals surface area (Å²) in [6.07, 6.45) is 2.37. The molecule has 2 unspecified atom stereocenters. The molecule has 0 aromatic heterocycles. The van der Waals surface area contributed by atoms with Crippen LogP contribution in [-0.2, 0) is 0 Å². The summed E-state index contributed by atoms with van der Waals surface area (Å²) in [6, 6.07) is 5.30. The van der Waals surface area contributed by atoms with E-state index in [1.165, 1.54) is 18.9 Å². The maximum Gasteiger partial charge on any atom is 0.125 e. The van der Waals surface area contributed by atoms with Crippen molar-refractivity contribution in [3.05, 3.63) is 34.6 Å². The van der Waals surface area contributed by atoms with Crippen LogP contribution in [0.1, 0.15) is 38.3 Å². The second-order valence-corrected chi connectivity index (χ2v) is 6.08. The number of hydrogen-bond donors (Lipinski definition) is 1. The predicted octanol–water partition coefficient (Wildman–Crippen LogP) is 3.60. The van der Waals surface area contributed by atoms with E-state index < -0.39 is 0 Å². The van der Waals surface area contributed by atoms with Crippen molar-refractivity contribution in [2.45, 2.75) is 38.8 Å². The van der Waals surface area contributed by atoms with E-state index in [9.17, 15) is 4.39 Å². The zero-order valence-electron chi connectivity index (χ0n) is 11.6. The number of nitrogens with two attached hydrogens (primary N) is 1. The summed E-state index contributed by atoms with van der Waals surface area (Å²) in [7, 11) is 0. The Morgan fingerprint density at radius 1 is 1.42 bits per heavy atom. The quantitative estimate of drug-likeness (QED) is 0.915. The van der Waals surface area contributed by atoms with Gasteiger partial charge in [0.05, 0.1) is 0 Å². The topological polar surface area (TPSA) is 29.3 Å². The van der Waals surface area contributed by atoms with Gasteiger partial charge in [-0.25, -0.2) is 4.39 Å². The molecule has 1 saturated heterocycles. The van der Waals surface area contributed by atoms with Gasteiger partial charge in [0, 0.05) is 23.7 Å². The molecule has 1 aromatic rings. The lowest BCUT2D eigenvalue weighted by molar-refractivity contribution is 0.149. The third-order valence-corrected chi connectivity index (χ3v) is 4.22. The molecule has 1 fully saturated rings. The molecule has 0 bridgehead atoms. The Kier molecular flexibility index (Phi) is 4.82. The minimum atomic E-state index is -0.291. The molecule has 1 aliphatic rings. The van der Waals surface area contributed by atoms with E-state index in [1.807, 2.05) is 6.07 Å². The van der Waals surface area contributed by atoms with E-state index in [2.05, 4.69) is 18.7 Å². The first-order valence-corrected chi connectivity index (χ1v) is 7.32. The molecule has 2 atom stereocenters. The van der Waals surface area contributed by atoms with Gasteiger partial charge < -0.3 is 5.73 Å². The van der Waals surface area contributed by atoms with Gasteiger partial charge in [-0.1, -0.05) is 25.4 Å². The lowest BCUT2D eigenvalue weighted by atomic mass is 9.98. The molecule has 19 heavy (non-hydrogen) atoms. The molecule has 0 radical (unpaired) electrons. The second-order valence-electron chi connectivity index (χ2n) is 5.65. The molecule has 0 spiro atoms. The van der Waals surface area contributed by atoms with Crippen LogP contribution >= 0.6 is 11.6 Å². The molecule has 1 heterocycles. The molecule has 0 saturated carbocycles. The Hall–Kier alpha value is -0.640. The van der Waals surface area contributed by atoms with E-state index in [4.69, 9.17) is 17.3 Å². The summed E-state index contributed by atoms with van der Waals surface area (Å²) >= 11 is 5.96. The maximum atomic E-state index is 13.5. The number of hydrogen-bond acceptors (Lipinski definition) is 2. The van der Waals surface area contributed by atoms with Gasteiger partial charge in [-0.15, -0.1) is 0 Å². The Bertz CT molecular complexity index is 416. The van der Waals surface area contributed by atoms with Crippen molar-refractivity contribution in [2.24, 2.45) is 11.7 Å². The smallest absolute Gasteiger partial charge is 0.125 e. The lowest BCUT2D eigenvalue weighted by Gasteiger charge is -2.35. The number of likely N-dealkylation sites (tertiary alicyclic amines) is 1. The average molecular weight is 285 g/mol. The van der Waals surface area contributed by atoms with E-state index in [0.717, 1.165) is 12.1 Å². The highest BCUT2D eigenvalue weighted by Gasteiger charge is 2.32. The van der Waals surface area contributed by atoms with E-state index in [1.54, 1.807) is 6.07 Å². The Morgan fingerprint density at radius 3 is 2.74 bits per heavy atom. The highest BCUT2D eigenvalue weighted by atomic mass is 35.5. The first-order chi connectivity index (χ1) is 9.02. The van der Waals surface area contributed by atoms with Crippen LogP contribution in [0.4, 0.5) is 4.39 Å². The first-order valence-electron chi connectivity index (χ1n) is 6.94. The fraction of sp³-hybridized carbons (Fsp3) is 0.600. The highest BCUT2D eigenvalue weighted by Crippen LogP contribution is 2.33. The van der Waals surface area contributed by atoms with Gasteiger partial charge in [0.1, 0.15) is 5.82 Å². The van der Waals surface area contributed by atoms with Crippen molar-refractivity contribution in [3.8, 4) is 0 Å². The van der Waals surface area contributed by atoms with Crippen LogP contribution in [0, 0.1) is 11.7 Å². The van der Waals surface area contributed by atoms with Crippen LogP contribution in [0.15, 0.2) is 18.2 Å². The highest BCUT2D eigenvalue weighted by molar-refractivity contribution is 6.30. The van der Waals surface area contributed by atoms with Gasteiger partial charge in [-0.05, 0) is 49.1 Å². The maximum absolute atomic E-state index is 13.5. The summed E-state index contributed by atoms with van der Waals surface area (Å²) in [5.74, 6) is 0.293. The van der Waals surface area contributed by atoms with Gasteiger partial charge in [0.25, 0.3) is 0 Å². The fourth-order valence-electron chi connectivity index (χ4n) is 3.15. The van der Waals surface area contributed by atoms with Crippen molar-refractivity contribution in [1.29, 1.82) is 0 Å². The molecule has 2 N–H and O–H groups in total. The number of nitrogens with zero attached hydrogens (tertiary/aromatic N) is 1. The van der Waals surface area contributed by atoms with Gasteiger partial charge in [-0.2, -0.15) is 0 Å². The minimum absolute atomic E-state index is 0.0584. The van der Waals surface area contributed by atoms with Crippen molar-refractivity contribution in [1.82, 2.24) is 4.90 Å². The monoisotopic (exact) mass is 284 g/mol. The van der Waals surface area contributed by atoms with Gasteiger partial charge >= 0.3 is 0 Å². The zero-order valence-corrected chi connectivity index (χ0v) is 12.3. The molecule has 0 amide bonds.